The molecule has 0 saturated carbocycles. The Morgan fingerprint density at radius 2 is 1.63 bits per heavy atom. The van der Waals surface area contributed by atoms with Crippen LogP contribution >= 0.6 is 11.8 Å². The quantitative estimate of drug-likeness (QED) is 0.505. The number of anilines is 1. The third-order valence-electron chi connectivity index (χ3n) is 3.75. The molecule has 27 heavy (non-hydrogen) atoms. The minimum Gasteiger partial charge on any atom is -0.494 e. The molecule has 0 aliphatic carbocycles. The Balaban J connectivity index is 1.76. The fourth-order valence-corrected chi connectivity index (χ4v) is 3.36. The maximum Gasteiger partial charge on any atom is 0.298 e. The second-order valence-corrected chi connectivity index (χ2v) is 6.61. The summed E-state index contributed by atoms with van der Waals surface area (Å²) < 4.78 is 10.8. The fraction of sp³-hybridized carbons (Fsp3) is 0.143. The number of hydrogen-bond donors (Lipinski definition) is 0. The molecule has 1 fully saturated rings. The van der Waals surface area contributed by atoms with Crippen LogP contribution < -0.4 is 14.4 Å². The lowest BCUT2D eigenvalue weighted by molar-refractivity contribution is -0.113. The highest BCUT2D eigenvalue weighted by atomic mass is 32.2. The van der Waals surface area contributed by atoms with Gasteiger partial charge in [-0.05, 0) is 66.7 Å². The summed E-state index contributed by atoms with van der Waals surface area (Å²) in [5, 5.41) is -0.318. The molecule has 138 valence electrons. The van der Waals surface area contributed by atoms with E-state index in [-0.39, 0.29) is 11.1 Å². The smallest absolute Gasteiger partial charge is 0.298 e. The topological polar surface area (TPSA) is 55.8 Å². The Bertz CT molecular complexity index is 872. The third kappa shape index (κ3) is 4.41. The molecule has 1 heterocycles. The largest absolute Gasteiger partial charge is 0.494 e. The summed E-state index contributed by atoms with van der Waals surface area (Å²) >= 11 is 0.927. The van der Waals surface area contributed by atoms with Crippen molar-refractivity contribution in [2.24, 2.45) is 0 Å². The van der Waals surface area contributed by atoms with Gasteiger partial charge in [-0.2, -0.15) is 0 Å². The second-order valence-electron chi connectivity index (χ2n) is 5.61. The molecule has 6 heteroatoms. The number of ether oxygens (including phenoxy) is 2. The van der Waals surface area contributed by atoms with Gasteiger partial charge in [-0.3, -0.25) is 9.59 Å². The molecule has 0 aromatic heterocycles. The molecule has 0 N–H and O–H groups in total. The van der Waals surface area contributed by atoms with E-state index in [1.54, 1.807) is 36.4 Å². The van der Waals surface area contributed by atoms with E-state index < -0.39 is 0 Å². The van der Waals surface area contributed by atoms with Gasteiger partial charge in [-0.25, -0.2) is 4.90 Å². The first-order chi connectivity index (χ1) is 13.1. The van der Waals surface area contributed by atoms with Crippen molar-refractivity contribution in [3.8, 4) is 11.5 Å². The average molecular weight is 381 g/mol. The summed E-state index contributed by atoms with van der Waals surface area (Å²) in [4.78, 5) is 26.6. The highest BCUT2D eigenvalue weighted by Crippen LogP contribution is 2.36. The van der Waals surface area contributed by atoms with Crippen LogP contribution in [0.3, 0.4) is 0 Å². The maximum atomic E-state index is 12.7. The predicted octanol–water partition coefficient (Wildman–Crippen LogP) is 4.89. The van der Waals surface area contributed by atoms with Crippen molar-refractivity contribution in [3.63, 3.8) is 0 Å². The second kappa shape index (κ2) is 8.60. The Morgan fingerprint density at radius 3 is 2.26 bits per heavy atom. The molecule has 1 saturated heterocycles. The van der Waals surface area contributed by atoms with Crippen LogP contribution in [0.4, 0.5) is 10.5 Å². The number of carbonyl (C=O) groups is 2. The van der Waals surface area contributed by atoms with Crippen LogP contribution in [0.15, 0.2) is 66.1 Å². The molecule has 0 atom stereocenters. The SMILES string of the molecule is C=CCOc1ccc(/C=C2\SC(=O)N(c3ccc(OCC)cc3)C2=O)cc1. The third-order valence-corrected chi connectivity index (χ3v) is 4.61. The number of thioether (sulfide) groups is 1. The lowest BCUT2D eigenvalue weighted by atomic mass is 10.2. The highest BCUT2D eigenvalue weighted by Gasteiger charge is 2.36. The number of nitrogens with zero attached hydrogens (tertiary/aromatic N) is 1. The summed E-state index contributed by atoms with van der Waals surface area (Å²) in [7, 11) is 0. The van der Waals surface area contributed by atoms with E-state index in [0.717, 1.165) is 23.1 Å². The first kappa shape index (κ1) is 18.8. The first-order valence-electron chi connectivity index (χ1n) is 8.47. The zero-order chi connectivity index (χ0) is 19.2. The minimum absolute atomic E-state index is 0.318. The fourth-order valence-electron chi connectivity index (χ4n) is 2.52. The van der Waals surface area contributed by atoms with Crippen LogP contribution in [-0.2, 0) is 4.79 Å². The Morgan fingerprint density at radius 1 is 1.00 bits per heavy atom. The van der Waals surface area contributed by atoms with Gasteiger partial charge in [0.15, 0.2) is 0 Å². The van der Waals surface area contributed by atoms with Crippen molar-refractivity contribution in [2.45, 2.75) is 6.92 Å². The van der Waals surface area contributed by atoms with Crippen LogP contribution in [0.25, 0.3) is 6.08 Å². The van der Waals surface area contributed by atoms with Crippen molar-refractivity contribution < 1.29 is 19.1 Å². The molecule has 1 aliphatic rings. The summed E-state index contributed by atoms with van der Waals surface area (Å²) in [5.41, 5.74) is 1.34. The molecule has 0 unspecified atom stereocenters. The van der Waals surface area contributed by atoms with Gasteiger partial charge >= 0.3 is 0 Å². The van der Waals surface area contributed by atoms with Crippen molar-refractivity contribution in [1.29, 1.82) is 0 Å². The van der Waals surface area contributed by atoms with Gasteiger partial charge in [0.2, 0.25) is 0 Å². The van der Waals surface area contributed by atoms with E-state index in [2.05, 4.69) is 6.58 Å². The van der Waals surface area contributed by atoms with Gasteiger partial charge < -0.3 is 9.47 Å². The van der Waals surface area contributed by atoms with Crippen molar-refractivity contribution >= 4 is 34.7 Å². The number of hydrogen-bond acceptors (Lipinski definition) is 5. The Labute approximate surface area is 162 Å². The molecule has 2 aromatic rings. The molecule has 2 aromatic carbocycles. The first-order valence-corrected chi connectivity index (χ1v) is 9.28. The predicted molar refractivity (Wildman–Crippen MR) is 108 cm³/mol. The van der Waals surface area contributed by atoms with Gasteiger partial charge in [0, 0.05) is 0 Å². The zero-order valence-electron chi connectivity index (χ0n) is 14.9. The van der Waals surface area contributed by atoms with E-state index in [0.29, 0.717) is 29.6 Å². The van der Waals surface area contributed by atoms with Gasteiger partial charge in [-0.1, -0.05) is 24.8 Å². The number of imide groups is 1. The lowest BCUT2D eigenvalue weighted by Gasteiger charge is -2.13. The maximum absolute atomic E-state index is 12.7. The molecular formula is C21H19NO4S. The Kier molecular flexibility index (Phi) is 5.98. The number of rotatable bonds is 7. The van der Waals surface area contributed by atoms with E-state index in [4.69, 9.17) is 9.47 Å². The van der Waals surface area contributed by atoms with Crippen molar-refractivity contribution in [2.75, 3.05) is 18.1 Å². The van der Waals surface area contributed by atoms with Gasteiger partial charge in [0.05, 0.1) is 17.2 Å². The molecule has 1 aliphatic heterocycles. The minimum atomic E-state index is -0.332. The lowest BCUT2D eigenvalue weighted by Crippen LogP contribution is -2.27. The molecule has 5 nitrogen and oxygen atoms in total. The zero-order valence-corrected chi connectivity index (χ0v) is 15.7. The van der Waals surface area contributed by atoms with Crippen molar-refractivity contribution in [1.82, 2.24) is 0 Å². The normalized spacial score (nSPS) is 15.3. The summed E-state index contributed by atoms with van der Waals surface area (Å²) in [5.74, 6) is 1.08. The van der Waals surface area contributed by atoms with Crippen LogP contribution in [0.1, 0.15) is 12.5 Å². The molecule has 0 radical (unpaired) electrons. The van der Waals surface area contributed by atoms with Gasteiger partial charge in [0.1, 0.15) is 18.1 Å². The molecule has 3 rings (SSSR count). The molecule has 0 spiro atoms. The van der Waals surface area contributed by atoms with Gasteiger partial charge in [0.25, 0.3) is 11.1 Å². The summed E-state index contributed by atoms with van der Waals surface area (Å²) in [6, 6.07) is 14.2. The van der Waals surface area contributed by atoms with E-state index in [1.165, 1.54) is 4.90 Å². The number of carbonyl (C=O) groups excluding carboxylic acids is 2. The van der Waals surface area contributed by atoms with Crippen LogP contribution in [0.2, 0.25) is 0 Å². The molecular weight excluding hydrogens is 362 g/mol. The van der Waals surface area contributed by atoms with Crippen LogP contribution in [0.5, 0.6) is 11.5 Å². The molecule has 0 bridgehead atoms. The van der Waals surface area contributed by atoms with E-state index in [1.807, 2.05) is 31.2 Å². The van der Waals surface area contributed by atoms with E-state index >= 15 is 0 Å². The van der Waals surface area contributed by atoms with Crippen LogP contribution in [0, 0.1) is 0 Å². The average Bonchev–Trinajstić information content (AvgIpc) is 2.95. The van der Waals surface area contributed by atoms with Crippen LogP contribution in [-0.4, -0.2) is 24.4 Å². The summed E-state index contributed by atoms with van der Waals surface area (Å²) in [6.45, 7) is 6.49. The Hall–Kier alpha value is -2.99. The summed E-state index contributed by atoms with van der Waals surface area (Å²) in [6.07, 6.45) is 3.38. The molecule has 2 amide bonds. The highest BCUT2D eigenvalue weighted by molar-refractivity contribution is 8.19. The van der Waals surface area contributed by atoms with Crippen molar-refractivity contribution in [3.05, 3.63) is 71.7 Å². The van der Waals surface area contributed by atoms with E-state index in [9.17, 15) is 9.59 Å². The monoisotopic (exact) mass is 381 g/mol. The number of benzene rings is 2. The van der Waals surface area contributed by atoms with Gasteiger partial charge in [-0.15, -0.1) is 0 Å². The standard InChI is InChI=1S/C21H19NO4S/c1-3-13-26-18-9-5-15(6-10-18)14-19-20(23)22(21(24)27-19)16-7-11-17(12-8-16)25-4-2/h3,5-12,14H,1,4,13H2,2H3/b19-14-. The number of amides is 2.